The number of hydrogen-bond acceptors (Lipinski definition) is 8. The van der Waals surface area contributed by atoms with Crippen LogP contribution in [0.3, 0.4) is 0 Å². The molecule has 1 aliphatic heterocycles. The molecule has 3 rings (SSSR count). The first-order valence-corrected chi connectivity index (χ1v) is 10.5. The minimum Gasteiger partial charge on any atom is -0.492 e. The maximum absolute atomic E-state index is 11.0. The number of ether oxygens (including phenoxy) is 3. The molecule has 29 heavy (non-hydrogen) atoms. The Morgan fingerprint density at radius 3 is 2.59 bits per heavy atom. The maximum Gasteiger partial charge on any atom is 0.308 e. The van der Waals surface area contributed by atoms with Crippen LogP contribution < -0.4 is 19.7 Å². The molecule has 9 heteroatoms. The Labute approximate surface area is 174 Å². The number of thiazole rings is 1. The van der Waals surface area contributed by atoms with Gasteiger partial charge >= 0.3 is 5.97 Å². The molecule has 1 aromatic carbocycles. The van der Waals surface area contributed by atoms with Crippen molar-refractivity contribution in [2.75, 3.05) is 49.7 Å². The van der Waals surface area contributed by atoms with Crippen molar-refractivity contribution >= 4 is 33.8 Å². The van der Waals surface area contributed by atoms with Gasteiger partial charge in [0, 0.05) is 30.1 Å². The molecule has 0 spiro atoms. The van der Waals surface area contributed by atoms with Crippen molar-refractivity contribution in [1.29, 1.82) is 0 Å². The summed E-state index contributed by atoms with van der Waals surface area (Å²) in [5, 5.41) is 13.0. The van der Waals surface area contributed by atoms with Gasteiger partial charge in [0.05, 0.1) is 49.9 Å². The van der Waals surface area contributed by atoms with Crippen molar-refractivity contribution in [3.63, 3.8) is 0 Å². The lowest BCUT2D eigenvalue weighted by Gasteiger charge is -2.31. The van der Waals surface area contributed by atoms with Gasteiger partial charge in [-0.3, -0.25) is 4.79 Å². The summed E-state index contributed by atoms with van der Waals surface area (Å²) in [7, 11) is 0. The van der Waals surface area contributed by atoms with Gasteiger partial charge in [0.15, 0.2) is 5.13 Å². The molecular weight excluding hydrogens is 394 g/mol. The average Bonchev–Trinajstić information content (AvgIpc) is 3.03. The van der Waals surface area contributed by atoms with Crippen molar-refractivity contribution in [3.05, 3.63) is 22.7 Å². The Bertz CT molecular complexity index is 849. The number of benzene rings is 1. The predicted octanol–water partition coefficient (Wildman–Crippen LogP) is 3.46. The van der Waals surface area contributed by atoms with E-state index in [0.29, 0.717) is 43.0 Å². The molecule has 0 unspecified atom stereocenters. The second-order valence-electron chi connectivity index (χ2n) is 6.50. The van der Waals surface area contributed by atoms with E-state index in [2.05, 4.69) is 15.2 Å². The summed E-state index contributed by atoms with van der Waals surface area (Å²) in [6, 6.07) is 3.91. The molecule has 0 amide bonds. The zero-order valence-electron chi connectivity index (χ0n) is 17.0. The average molecular weight is 422 g/mol. The fourth-order valence-corrected chi connectivity index (χ4v) is 4.11. The van der Waals surface area contributed by atoms with Gasteiger partial charge in [-0.05, 0) is 20.8 Å². The number of nitrogens with zero attached hydrogens (tertiary/aromatic N) is 2. The Morgan fingerprint density at radius 2 is 1.93 bits per heavy atom. The van der Waals surface area contributed by atoms with Crippen LogP contribution >= 0.6 is 11.3 Å². The Balaban J connectivity index is 1.94. The van der Waals surface area contributed by atoms with Crippen molar-refractivity contribution in [1.82, 2.24) is 4.98 Å². The van der Waals surface area contributed by atoms with Crippen LogP contribution in [0.5, 0.6) is 11.5 Å². The first kappa shape index (κ1) is 21.2. The molecular formula is C20H27N3O5S. The minimum atomic E-state index is -0.869. The molecule has 8 nitrogen and oxygen atoms in total. The fraction of sp³-hybridized carbons (Fsp3) is 0.500. The van der Waals surface area contributed by atoms with Gasteiger partial charge < -0.3 is 29.5 Å². The standard InChI is InChI=1S/C20H27N3O5S/c1-4-27-16-11-15(23-6-8-26-9-7-23)17(28-5-2)10-14(16)22-20-21-13(3)18(29-20)12-19(24)25/h10-11H,4-9,12H2,1-3H3,(H,21,22)(H,24,25). The number of anilines is 3. The number of aliphatic carboxylic acids is 1. The lowest BCUT2D eigenvalue weighted by molar-refractivity contribution is -0.136. The highest BCUT2D eigenvalue weighted by Crippen LogP contribution is 2.41. The van der Waals surface area contributed by atoms with Crippen molar-refractivity contribution < 1.29 is 24.1 Å². The first-order valence-electron chi connectivity index (χ1n) is 9.73. The lowest BCUT2D eigenvalue weighted by Crippen LogP contribution is -2.36. The summed E-state index contributed by atoms with van der Waals surface area (Å²) in [6.45, 7) is 9.72. The van der Waals surface area contributed by atoms with E-state index >= 15 is 0 Å². The van der Waals surface area contributed by atoms with Crippen LogP contribution in [0.15, 0.2) is 12.1 Å². The van der Waals surface area contributed by atoms with E-state index in [1.807, 2.05) is 32.9 Å². The smallest absolute Gasteiger partial charge is 0.308 e. The second-order valence-corrected chi connectivity index (χ2v) is 7.59. The lowest BCUT2D eigenvalue weighted by atomic mass is 10.2. The third-order valence-corrected chi connectivity index (χ3v) is 5.53. The third-order valence-electron chi connectivity index (χ3n) is 4.46. The van der Waals surface area contributed by atoms with Gasteiger partial charge in [0.2, 0.25) is 0 Å². The predicted molar refractivity (Wildman–Crippen MR) is 113 cm³/mol. The molecule has 1 aromatic heterocycles. The number of morpholine rings is 1. The van der Waals surface area contributed by atoms with Gasteiger partial charge in [-0.15, -0.1) is 11.3 Å². The molecule has 1 saturated heterocycles. The monoisotopic (exact) mass is 421 g/mol. The van der Waals surface area contributed by atoms with Gasteiger partial charge in [0.1, 0.15) is 11.5 Å². The van der Waals surface area contributed by atoms with E-state index in [-0.39, 0.29) is 6.42 Å². The molecule has 1 fully saturated rings. The zero-order valence-corrected chi connectivity index (χ0v) is 17.8. The summed E-state index contributed by atoms with van der Waals surface area (Å²) in [5.41, 5.74) is 2.43. The highest BCUT2D eigenvalue weighted by molar-refractivity contribution is 7.15. The highest BCUT2D eigenvalue weighted by Gasteiger charge is 2.20. The summed E-state index contributed by atoms with van der Waals surface area (Å²) in [4.78, 5) is 18.5. The molecule has 1 aliphatic rings. The first-order chi connectivity index (χ1) is 14.0. The molecule has 2 N–H and O–H groups in total. The van der Waals surface area contributed by atoms with Crippen LogP contribution in [-0.2, 0) is 16.0 Å². The molecule has 0 aliphatic carbocycles. The Morgan fingerprint density at radius 1 is 1.24 bits per heavy atom. The van der Waals surface area contributed by atoms with E-state index in [1.54, 1.807) is 0 Å². The Hall–Kier alpha value is -2.52. The van der Waals surface area contributed by atoms with Crippen LogP contribution in [0.4, 0.5) is 16.5 Å². The molecule has 2 heterocycles. The number of carboxylic acid groups (broad SMARTS) is 1. The van der Waals surface area contributed by atoms with E-state index < -0.39 is 5.97 Å². The van der Waals surface area contributed by atoms with E-state index in [1.165, 1.54) is 11.3 Å². The van der Waals surface area contributed by atoms with Crippen molar-refractivity contribution in [2.24, 2.45) is 0 Å². The Kier molecular flexibility index (Phi) is 7.16. The molecule has 0 atom stereocenters. The number of hydrogen-bond donors (Lipinski definition) is 2. The van der Waals surface area contributed by atoms with Crippen LogP contribution in [-0.4, -0.2) is 55.6 Å². The van der Waals surface area contributed by atoms with E-state index in [4.69, 9.17) is 19.3 Å². The largest absolute Gasteiger partial charge is 0.492 e. The SMILES string of the molecule is CCOc1cc(N2CCOCC2)c(OCC)cc1Nc1nc(C)c(CC(=O)O)s1. The maximum atomic E-state index is 11.0. The fourth-order valence-electron chi connectivity index (χ4n) is 3.14. The highest BCUT2D eigenvalue weighted by atomic mass is 32.1. The molecule has 158 valence electrons. The second kappa shape index (κ2) is 9.80. The third kappa shape index (κ3) is 5.30. The van der Waals surface area contributed by atoms with E-state index in [0.717, 1.165) is 35.1 Å². The summed E-state index contributed by atoms with van der Waals surface area (Å²) in [6.07, 6.45) is -0.0380. The topological polar surface area (TPSA) is 93.2 Å². The number of carbonyl (C=O) groups is 1. The number of aryl methyl sites for hydroxylation is 1. The van der Waals surface area contributed by atoms with Crippen LogP contribution in [0.2, 0.25) is 0 Å². The number of carboxylic acids is 1. The quantitative estimate of drug-likeness (QED) is 0.636. The molecule has 0 bridgehead atoms. The number of rotatable bonds is 9. The van der Waals surface area contributed by atoms with Crippen LogP contribution in [0.25, 0.3) is 0 Å². The van der Waals surface area contributed by atoms with Gasteiger partial charge in [0.25, 0.3) is 0 Å². The minimum absolute atomic E-state index is 0.0380. The van der Waals surface area contributed by atoms with E-state index in [9.17, 15) is 4.79 Å². The van der Waals surface area contributed by atoms with Gasteiger partial charge in [-0.25, -0.2) is 4.98 Å². The van der Waals surface area contributed by atoms with Gasteiger partial charge in [-0.2, -0.15) is 0 Å². The normalized spacial score (nSPS) is 14.0. The molecule has 0 saturated carbocycles. The number of nitrogens with one attached hydrogen (secondary N) is 1. The van der Waals surface area contributed by atoms with Gasteiger partial charge in [-0.1, -0.05) is 0 Å². The van der Waals surface area contributed by atoms with Crippen molar-refractivity contribution in [2.45, 2.75) is 27.2 Å². The van der Waals surface area contributed by atoms with Crippen molar-refractivity contribution in [3.8, 4) is 11.5 Å². The molecule has 0 radical (unpaired) electrons. The van der Waals surface area contributed by atoms with Crippen LogP contribution in [0, 0.1) is 6.92 Å². The summed E-state index contributed by atoms with van der Waals surface area (Å²) in [5.74, 6) is 0.594. The summed E-state index contributed by atoms with van der Waals surface area (Å²) >= 11 is 1.33. The zero-order chi connectivity index (χ0) is 20.8. The molecule has 2 aromatic rings. The summed E-state index contributed by atoms with van der Waals surface area (Å²) < 4.78 is 17.3. The number of aromatic nitrogens is 1. The van der Waals surface area contributed by atoms with Crippen LogP contribution in [0.1, 0.15) is 24.4 Å².